The number of carbonyl (C=O) groups excluding carboxylic acids is 1. The van der Waals surface area contributed by atoms with E-state index < -0.39 is 17.6 Å². The predicted octanol–water partition coefficient (Wildman–Crippen LogP) is -0.243. The largest absolute Gasteiger partial charge is 0.478 e. The number of pyridine rings is 1. The van der Waals surface area contributed by atoms with E-state index in [9.17, 15) is 14.4 Å². The number of carbonyl (C=O) groups is 2. The number of carboxylic acids is 1. The molecule has 2 heterocycles. The number of hydrogen-bond acceptors (Lipinski definition) is 5. The van der Waals surface area contributed by atoms with Crippen LogP contribution in [-0.4, -0.2) is 37.8 Å². The van der Waals surface area contributed by atoms with Crippen molar-refractivity contribution in [3.05, 3.63) is 34.4 Å². The van der Waals surface area contributed by atoms with Gasteiger partial charge in [-0.05, 0) is 19.1 Å². The maximum absolute atomic E-state index is 11.9. The van der Waals surface area contributed by atoms with Crippen LogP contribution in [0.1, 0.15) is 17.3 Å². The lowest BCUT2D eigenvalue weighted by Gasteiger charge is -1.99. The van der Waals surface area contributed by atoms with E-state index in [2.05, 4.69) is 5.10 Å². The fraction of sp³-hybridized carbons (Fsp3) is 0.273. The lowest BCUT2D eigenvalue weighted by Crippen LogP contribution is -2.26. The Morgan fingerprint density at radius 3 is 2.79 bits per heavy atom. The molecule has 0 bridgehead atoms. The topological polar surface area (TPSA) is 103 Å². The van der Waals surface area contributed by atoms with Crippen LogP contribution in [-0.2, 0) is 16.1 Å². The van der Waals surface area contributed by atoms with Crippen molar-refractivity contribution >= 4 is 17.6 Å². The van der Waals surface area contributed by atoms with Crippen LogP contribution < -0.4 is 5.69 Å². The predicted molar refractivity (Wildman–Crippen MR) is 63.0 cm³/mol. The Hall–Kier alpha value is -2.64. The van der Waals surface area contributed by atoms with E-state index in [-0.39, 0.29) is 24.4 Å². The number of aromatic carboxylic acids is 1. The minimum absolute atomic E-state index is 0.0368. The van der Waals surface area contributed by atoms with E-state index in [1.165, 1.54) is 12.1 Å². The van der Waals surface area contributed by atoms with E-state index in [0.29, 0.717) is 0 Å². The molecule has 0 aromatic carbocycles. The normalized spacial score (nSPS) is 10.6. The summed E-state index contributed by atoms with van der Waals surface area (Å²) in [5.41, 5.74) is -0.365. The Balaban J connectivity index is 2.43. The second kappa shape index (κ2) is 4.92. The summed E-state index contributed by atoms with van der Waals surface area (Å²) in [6.07, 6.45) is 1.16. The highest BCUT2D eigenvalue weighted by Gasteiger charge is 2.13. The third-order valence-electron chi connectivity index (χ3n) is 2.41. The second-order valence-corrected chi connectivity index (χ2v) is 3.70. The maximum Gasteiger partial charge on any atom is 0.350 e. The molecule has 0 atom stereocenters. The molecule has 0 radical (unpaired) electrons. The van der Waals surface area contributed by atoms with Gasteiger partial charge in [-0.1, -0.05) is 0 Å². The Kier molecular flexibility index (Phi) is 3.32. The van der Waals surface area contributed by atoms with Crippen molar-refractivity contribution in [3.8, 4) is 0 Å². The first kappa shape index (κ1) is 12.8. The number of aromatic nitrogens is 3. The first-order valence-electron chi connectivity index (χ1n) is 5.51. The number of hydrogen-bond donors (Lipinski definition) is 1. The molecule has 0 aliphatic rings. The number of nitrogens with zero attached hydrogens (tertiary/aromatic N) is 3. The van der Waals surface area contributed by atoms with Crippen LogP contribution in [0.4, 0.5) is 0 Å². The molecule has 0 aliphatic heterocycles. The van der Waals surface area contributed by atoms with Crippen molar-refractivity contribution in [2.45, 2.75) is 13.5 Å². The van der Waals surface area contributed by atoms with Crippen LogP contribution in [0.5, 0.6) is 0 Å². The number of carboxylic acid groups (broad SMARTS) is 1. The van der Waals surface area contributed by atoms with E-state index in [1.54, 1.807) is 6.92 Å². The Labute approximate surface area is 106 Å². The number of fused-ring (bicyclic) bond motifs is 1. The lowest BCUT2D eigenvalue weighted by molar-refractivity contribution is -0.144. The van der Waals surface area contributed by atoms with E-state index in [0.717, 1.165) is 15.3 Å². The standard InChI is InChI=1S/C11H11N3O5/c1-2-19-9(15)6-14-11(18)13-5-7(10(16)17)3-4-8(13)12-14/h3-5H,2,6H2,1H3,(H,16,17). The number of esters is 1. The van der Waals surface area contributed by atoms with Gasteiger partial charge >= 0.3 is 17.6 Å². The van der Waals surface area contributed by atoms with Gasteiger partial charge in [-0.25, -0.2) is 18.7 Å². The molecule has 0 saturated heterocycles. The molecule has 2 aromatic heterocycles. The molecule has 0 aliphatic carbocycles. The minimum Gasteiger partial charge on any atom is -0.478 e. The summed E-state index contributed by atoms with van der Waals surface area (Å²) in [6.45, 7) is 1.56. The van der Waals surface area contributed by atoms with Crippen LogP contribution >= 0.6 is 0 Å². The summed E-state index contributed by atoms with van der Waals surface area (Å²) in [7, 11) is 0. The quantitative estimate of drug-likeness (QED) is 0.765. The van der Waals surface area contributed by atoms with Crippen LogP contribution in [0.25, 0.3) is 5.65 Å². The highest BCUT2D eigenvalue weighted by Crippen LogP contribution is 2.02. The van der Waals surface area contributed by atoms with E-state index in [1.807, 2.05) is 0 Å². The average molecular weight is 265 g/mol. The van der Waals surface area contributed by atoms with Gasteiger partial charge in [0.1, 0.15) is 6.54 Å². The molecule has 19 heavy (non-hydrogen) atoms. The van der Waals surface area contributed by atoms with Crippen molar-refractivity contribution < 1.29 is 19.4 Å². The first-order chi connectivity index (χ1) is 9.02. The van der Waals surface area contributed by atoms with Crippen molar-refractivity contribution in [2.75, 3.05) is 6.61 Å². The van der Waals surface area contributed by atoms with Crippen molar-refractivity contribution in [1.82, 2.24) is 14.2 Å². The van der Waals surface area contributed by atoms with Crippen molar-refractivity contribution in [2.24, 2.45) is 0 Å². The second-order valence-electron chi connectivity index (χ2n) is 3.70. The molecule has 100 valence electrons. The van der Waals surface area contributed by atoms with Gasteiger partial charge in [0, 0.05) is 6.20 Å². The summed E-state index contributed by atoms with van der Waals surface area (Å²) < 4.78 is 6.72. The molecule has 0 spiro atoms. The highest BCUT2D eigenvalue weighted by atomic mass is 16.5. The Bertz CT molecular complexity index is 700. The fourth-order valence-electron chi connectivity index (χ4n) is 1.58. The highest BCUT2D eigenvalue weighted by molar-refractivity contribution is 5.87. The smallest absolute Gasteiger partial charge is 0.350 e. The van der Waals surface area contributed by atoms with Crippen molar-refractivity contribution in [3.63, 3.8) is 0 Å². The van der Waals surface area contributed by atoms with Crippen LogP contribution in [0.2, 0.25) is 0 Å². The zero-order chi connectivity index (χ0) is 14.0. The molecule has 8 heteroatoms. The first-order valence-corrected chi connectivity index (χ1v) is 5.51. The monoisotopic (exact) mass is 265 g/mol. The molecule has 0 amide bonds. The van der Waals surface area contributed by atoms with Crippen LogP contribution in [0, 0.1) is 0 Å². The SMILES string of the molecule is CCOC(=O)Cn1nc2ccc(C(=O)O)cn2c1=O. The van der Waals surface area contributed by atoms with E-state index >= 15 is 0 Å². The number of rotatable bonds is 4. The van der Waals surface area contributed by atoms with Gasteiger partial charge < -0.3 is 9.84 Å². The molecular weight excluding hydrogens is 254 g/mol. The van der Waals surface area contributed by atoms with Crippen LogP contribution in [0.15, 0.2) is 23.1 Å². The van der Waals surface area contributed by atoms with Gasteiger partial charge in [0.05, 0.1) is 12.2 Å². The van der Waals surface area contributed by atoms with Crippen LogP contribution in [0.3, 0.4) is 0 Å². The summed E-state index contributed by atoms with van der Waals surface area (Å²) in [4.78, 5) is 34.0. The van der Waals surface area contributed by atoms with E-state index in [4.69, 9.17) is 9.84 Å². The van der Waals surface area contributed by atoms with Gasteiger partial charge in [0.15, 0.2) is 5.65 Å². The average Bonchev–Trinajstić information content (AvgIpc) is 2.66. The molecule has 2 rings (SSSR count). The fourth-order valence-corrected chi connectivity index (χ4v) is 1.58. The number of ether oxygens (including phenoxy) is 1. The lowest BCUT2D eigenvalue weighted by atomic mass is 10.3. The van der Waals surface area contributed by atoms with Gasteiger partial charge in [0.25, 0.3) is 0 Å². The molecule has 8 nitrogen and oxygen atoms in total. The zero-order valence-electron chi connectivity index (χ0n) is 10.1. The summed E-state index contributed by atoms with van der Waals surface area (Å²) in [5.74, 6) is -1.72. The molecule has 2 aromatic rings. The summed E-state index contributed by atoms with van der Waals surface area (Å²) in [5, 5.41) is 12.7. The third kappa shape index (κ3) is 2.46. The Morgan fingerprint density at radius 1 is 1.42 bits per heavy atom. The minimum atomic E-state index is -1.15. The zero-order valence-corrected chi connectivity index (χ0v) is 10.1. The van der Waals surface area contributed by atoms with Crippen molar-refractivity contribution in [1.29, 1.82) is 0 Å². The van der Waals surface area contributed by atoms with Gasteiger partial charge in [0.2, 0.25) is 0 Å². The molecule has 0 saturated carbocycles. The van der Waals surface area contributed by atoms with Gasteiger partial charge in [-0.3, -0.25) is 4.79 Å². The van der Waals surface area contributed by atoms with Gasteiger partial charge in [-0.2, -0.15) is 0 Å². The Morgan fingerprint density at radius 2 is 2.16 bits per heavy atom. The molecule has 1 N–H and O–H groups in total. The molecule has 0 unspecified atom stereocenters. The maximum atomic E-state index is 11.9. The summed E-state index contributed by atoms with van der Waals surface area (Å²) >= 11 is 0. The molecular formula is C11H11N3O5. The molecule has 0 fully saturated rings. The summed E-state index contributed by atoms with van der Waals surface area (Å²) in [6, 6.07) is 2.73. The third-order valence-corrected chi connectivity index (χ3v) is 2.41. The van der Waals surface area contributed by atoms with Gasteiger partial charge in [-0.15, -0.1) is 5.10 Å².